The second-order valence-electron chi connectivity index (χ2n) is 7.18. The molecule has 2 heterocycles. The van der Waals surface area contributed by atoms with Gasteiger partial charge in [-0.05, 0) is 30.3 Å². The molecule has 0 atom stereocenters. The molecule has 1 aromatic heterocycles. The van der Waals surface area contributed by atoms with E-state index in [1.54, 1.807) is 54.5 Å². The van der Waals surface area contributed by atoms with Crippen LogP contribution in [0, 0.1) is 0 Å². The van der Waals surface area contributed by atoms with Gasteiger partial charge in [0.05, 0.1) is 31.4 Å². The number of methoxy groups -OCH3 is 1. The molecule has 8 heteroatoms. The van der Waals surface area contributed by atoms with Gasteiger partial charge in [-0.3, -0.25) is 19.0 Å². The predicted octanol–water partition coefficient (Wildman–Crippen LogP) is 2.12. The van der Waals surface area contributed by atoms with Crippen LogP contribution in [0.4, 0.5) is 5.69 Å². The molecule has 3 aromatic rings. The molecule has 0 radical (unpaired) electrons. The summed E-state index contributed by atoms with van der Waals surface area (Å²) in [6.07, 6.45) is 0. The van der Waals surface area contributed by atoms with E-state index in [2.05, 4.69) is 5.32 Å². The van der Waals surface area contributed by atoms with Crippen molar-refractivity contribution in [3.63, 3.8) is 0 Å². The molecule has 0 bridgehead atoms. The van der Waals surface area contributed by atoms with E-state index in [0.29, 0.717) is 54.2 Å². The van der Waals surface area contributed by atoms with Gasteiger partial charge in [0, 0.05) is 30.2 Å². The van der Waals surface area contributed by atoms with Crippen molar-refractivity contribution in [3.8, 4) is 5.75 Å². The van der Waals surface area contributed by atoms with E-state index in [-0.39, 0.29) is 18.4 Å². The number of benzene rings is 2. The van der Waals surface area contributed by atoms with Crippen LogP contribution >= 0.6 is 0 Å². The van der Waals surface area contributed by atoms with Gasteiger partial charge in [-0.25, -0.2) is 0 Å². The number of aromatic nitrogens is 1. The van der Waals surface area contributed by atoms with Gasteiger partial charge in [-0.15, -0.1) is 0 Å². The standard InChI is InChI=1S/C23H23N3O5/c1-30-17-8-6-16(7-9-17)24-21(27)15-26-20-5-3-2-4-18(20)19(14-22(26)28)23(29)25-10-12-31-13-11-25/h2-9,14H,10-13,15H2,1H3,(H,24,27). The monoisotopic (exact) mass is 421 g/mol. The number of amides is 2. The molecule has 0 saturated carbocycles. The minimum absolute atomic E-state index is 0.169. The first-order valence-electron chi connectivity index (χ1n) is 10.0. The van der Waals surface area contributed by atoms with E-state index >= 15 is 0 Å². The Morgan fingerprint density at radius 2 is 1.77 bits per heavy atom. The number of pyridine rings is 1. The highest BCUT2D eigenvalue weighted by molar-refractivity contribution is 6.06. The van der Waals surface area contributed by atoms with Gasteiger partial charge in [0.1, 0.15) is 12.3 Å². The Morgan fingerprint density at radius 1 is 1.06 bits per heavy atom. The normalized spacial score (nSPS) is 13.8. The molecule has 1 fully saturated rings. The highest BCUT2D eigenvalue weighted by atomic mass is 16.5. The molecule has 0 spiro atoms. The lowest BCUT2D eigenvalue weighted by atomic mass is 10.1. The quantitative estimate of drug-likeness (QED) is 0.682. The number of morpholine rings is 1. The van der Waals surface area contributed by atoms with E-state index in [9.17, 15) is 14.4 Å². The molecule has 1 aliphatic heterocycles. The number of anilines is 1. The van der Waals surface area contributed by atoms with Crippen LogP contribution in [0.3, 0.4) is 0 Å². The molecule has 160 valence electrons. The van der Waals surface area contributed by atoms with Crippen LogP contribution in [0.2, 0.25) is 0 Å². The minimum Gasteiger partial charge on any atom is -0.497 e. The Labute approximate surface area is 179 Å². The van der Waals surface area contributed by atoms with Crippen LogP contribution in [-0.4, -0.2) is 54.7 Å². The summed E-state index contributed by atoms with van der Waals surface area (Å²) in [4.78, 5) is 40.2. The van der Waals surface area contributed by atoms with Crippen LogP contribution in [0.25, 0.3) is 10.9 Å². The molecule has 0 aliphatic carbocycles. The van der Waals surface area contributed by atoms with Crippen molar-refractivity contribution in [1.29, 1.82) is 0 Å². The number of hydrogen-bond acceptors (Lipinski definition) is 5. The lowest BCUT2D eigenvalue weighted by Crippen LogP contribution is -2.41. The number of nitrogens with zero attached hydrogens (tertiary/aromatic N) is 2. The van der Waals surface area contributed by atoms with E-state index in [1.165, 1.54) is 10.6 Å². The summed E-state index contributed by atoms with van der Waals surface area (Å²) < 4.78 is 11.8. The average molecular weight is 421 g/mol. The lowest BCUT2D eigenvalue weighted by Gasteiger charge is -2.27. The van der Waals surface area contributed by atoms with E-state index < -0.39 is 5.56 Å². The second kappa shape index (κ2) is 9.01. The first-order chi connectivity index (χ1) is 15.1. The van der Waals surface area contributed by atoms with Crippen LogP contribution in [0.5, 0.6) is 5.75 Å². The summed E-state index contributed by atoms with van der Waals surface area (Å²) in [6.45, 7) is 1.76. The number of para-hydroxylation sites is 1. The van der Waals surface area contributed by atoms with Gasteiger partial charge < -0.3 is 19.7 Å². The summed E-state index contributed by atoms with van der Waals surface area (Å²) in [5.74, 6) is 0.136. The third-order valence-corrected chi connectivity index (χ3v) is 5.22. The zero-order valence-electron chi connectivity index (χ0n) is 17.2. The minimum atomic E-state index is -0.403. The Bertz CT molecular complexity index is 1160. The first-order valence-corrected chi connectivity index (χ1v) is 10.0. The van der Waals surface area contributed by atoms with E-state index in [4.69, 9.17) is 9.47 Å². The SMILES string of the molecule is COc1ccc(NC(=O)Cn2c(=O)cc(C(=O)N3CCOCC3)c3ccccc32)cc1. The first kappa shape index (κ1) is 20.6. The fourth-order valence-corrected chi connectivity index (χ4v) is 3.63. The van der Waals surface area contributed by atoms with Gasteiger partial charge in [-0.2, -0.15) is 0 Å². The van der Waals surface area contributed by atoms with Gasteiger partial charge in [0.2, 0.25) is 5.91 Å². The van der Waals surface area contributed by atoms with Gasteiger partial charge in [0.25, 0.3) is 11.5 Å². The number of carbonyl (C=O) groups excluding carboxylic acids is 2. The van der Waals surface area contributed by atoms with Crippen LogP contribution < -0.4 is 15.6 Å². The maximum atomic E-state index is 13.0. The Hall–Kier alpha value is -3.65. The maximum Gasteiger partial charge on any atom is 0.254 e. The molecule has 8 nitrogen and oxygen atoms in total. The molecule has 31 heavy (non-hydrogen) atoms. The third kappa shape index (κ3) is 4.44. The predicted molar refractivity (Wildman–Crippen MR) is 117 cm³/mol. The fraction of sp³-hybridized carbons (Fsp3) is 0.261. The van der Waals surface area contributed by atoms with Gasteiger partial charge >= 0.3 is 0 Å². The van der Waals surface area contributed by atoms with Gasteiger partial charge in [-0.1, -0.05) is 18.2 Å². The molecule has 0 unspecified atom stereocenters. The van der Waals surface area contributed by atoms with Crippen molar-refractivity contribution in [2.45, 2.75) is 6.54 Å². The van der Waals surface area contributed by atoms with Gasteiger partial charge in [0.15, 0.2) is 0 Å². The van der Waals surface area contributed by atoms with Crippen LogP contribution in [0.15, 0.2) is 59.4 Å². The number of ether oxygens (including phenoxy) is 2. The highest BCUT2D eigenvalue weighted by Crippen LogP contribution is 2.20. The molecule has 1 aliphatic rings. The Morgan fingerprint density at radius 3 is 2.48 bits per heavy atom. The lowest BCUT2D eigenvalue weighted by molar-refractivity contribution is -0.116. The van der Waals surface area contributed by atoms with Crippen molar-refractivity contribution in [1.82, 2.24) is 9.47 Å². The molecule has 2 amide bonds. The molecule has 1 N–H and O–H groups in total. The number of fused-ring (bicyclic) bond motifs is 1. The molecule has 1 saturated heterocycles. The molecular formula is C23H23N3O5. The zero-order valence-corrected chi connectivity index (χ0v) is 17.2. The van der Waals surface area contributed by atoms with Crippen molar-refractivity contribution < 1.29 is 19.1 Å². The van der Waals surface area contributed by atoms with Crippen LogP contribution in [-0.2, 0) is 16.1 Å². The fourth-order valence-electron chi connectivity index (χ4n) is 3.63. The maximum absolute atomic E-state index is 13.0. The second-order valence-corrected chi connectivity index (χ2v) is 7.18. The number of hydrogen-bond donors (Lipinski definition) is 1. The summed E-state index contributed by atoms with van der Waals surface area (Å²) in [5.41, 5.74) is 1.08. The van der Waals surface area contributed by atoms with E-state index in [1.807, 2.05) is 6.07 Å². The Kier molecular flexibility index (Phi) is 5.99. The molecule has 4 rings (SSSR count). The summed E-state index contributed by atoms with van der Waals surface area (Å²) in [5, 5.41) is 3.41. The largest absolute Gasteiger partial charge is 0.497 e. The summed E-state index contributed by atoms with van der Waals surface area (Å²) in [7, 11) is 1.57. The number of nitrogens with one attached hydrogen (secondary N) is 1. The zero-order chi connectivity index (χ0) is 21.8. The average Bonchev–Trinajstić information content (AvgIpc) is 2.81. The molecular weight excluding hydrogens is 398 g/mol. The number of carbonyl (C=O) groups is 2. The van der Waals surface area contributed by atoms with Crippen molar-refractivity contribution in [2.75, 3.05) is 38.7 Å². The summed E-state index contributed by atoms with van der Waals surface area (Å²) >= 11 is 0. The smallest absolute Gasteiger partial charge is 0.254 e. The van der Waals surface area contributed by atoms with Crippen molar-refractivity contribution in [3.05, 3.63) is 70.5 Å². The Balaban J connectivity index is 1.62. The van der Waals surface area contributed by atoms with Crippen molar-refractivity contribution in [2.24, 2.45) is 0 Å². The van der Waals surface area contributed by atoms with E-state index in [0.717, 1.165) is 0 Å². The number of rotatable bonds is 5. The van der Waals surface area contributed by atoms with Crippen LogP contribution in [0.1, 0.15) is 10.4 Å². The third-order valence-electron chi connectivity index (χ3n) is 5.22. The topological polar surface area (TPSA) is 89.9 Å². The highest BCUT2D eigenvalue weighted by Gasteiger charge is 2.22. The molecule has 2 aromatic carbocycles. The van der Waals surface area contributed by atoms with Crippen molar-refractivity contribution >= 4 is 28.4 Å². The summed E-state index contributed by atoms with van der Waals surface area (Å²) in [6, 6.07) is 15.4.